The van der Waals surface area contributed by atoms with Crippen molar-refractivity contribution >= 4 is 11.0 Å². The van der Waals surface area contributed by atoms with Crippen molar-refractivity contribution in [2.75, 3.05) is 14.2 Å². The van der Waals surface area contributed by atoms with E-state index >= 15 is 0 Å². The highest BCUT2D eigenvalue weighted by Gasteiger charge is 2.26. The Hall–Kier alpha value is -5.11. The van der Waals surface area contributed by atoms with Crippen LogP contribution in [0.5, 0.6) is 34.5 Å². The van der Waals surface area contributed by atoms with Crippen LogP contribution >= 0.6 is 0 Å². The lowest BCUT2D eigenvalue weighted by Gasteiger charge is -2.19. The van der Waals surface area contributed by atoms with Gasteiger partial charge in [0, 0.05) is 11.6 Å². The highest BCUT2D eigenvalue weighted by molar-refractivity contribution is 5.91. The Morgan fingerprint density at radius 1 is 0.738 bits per heavy atom. The molecule has 1 aromatic heterocycles. The van der Waals surface area contributed by atoms with Crippen molar-refractivity contribution in [2.24, 2.45) is 0 Å². The molecule has 5 rings (SSSR count). The van der Waals surface area contributed by atoms with Gasteiger partial charge in [-0.1, -0.05) is 60.7 Å². The van der Waals surface area contributed by atoms with E-state index in [2.05, 4.69) is 0 Å². The minimum atomic E-state index is -0.668. The third-order valence-electron chi connectivity index (χ3n) is 6.49. The molecule has 0 fully saturated rings. The van der Waals surface area contributed by atoms with Gasteiger partial charge in [-0.15, -0.1) is 0 Å². The SMILES string of the molecule is COc1cc(-c2oc3cc(OCc4ccccc4)c(OC)c(OC(C)C)c3c(=O)c2O)ccc1OCc1ccccc1. The average Bonchev–Trinajstić information content (AvgIpc) is 3.01. The van der Waals surface area contributed by atoms with E-state index in [1.165, 1.54) is 14.2 Å². The van der Waals surface area contributed by atoms with Crippen molar-refractivity contribution in [3.05, 3.63) is 106 Å². The predicted octanol–water partition coefficient (Wildman–Crippen LogP) is 7.13. The fourth-order valence-electron chi connectivity index (χ4n) is 4.51. The summed E-state index contributed by atoms with van der Waals surface area (Å²) in [5.74, 6) is 0.995. The summed E-state index contributed by atoms with van der Waals surface area (Å²) in [7, 11) is 2.98. The van der Waals surface area contributed by atoms with Crippen molar-refractivity contribution in [3.63, 3.8) is 0 Å². The molecule has 0 aliphatic heterocycles. The van der Waals surface area contributed by atoms with E-state index in [0.717, 1.165) is 11.1 Å². The zero-order valence-corrected chi connectivity index (χ0v) is 23.9. The molecule has 0 aliphatic carbocycles. The van der Waals surface area contributed by atoms with Crippen molar-refractivity contribution in [1.82, 2.24) is 0 Å². The van der Waals surface area contributed by atoms with Crippen LogP contribution in [-0.4, -0.2) is 25.4 Å². The van der Waals surface area contributed by atoms with Gasteiger partial charge in [-0.25, -0.2) is 0 Å². The maximum absolute atomic E-state index is 13.6. The zero-order chi connectivity index (χ0) is 29.6. The summed E-state index contributed by atoms with van der Waals surface area (Å²) in [6, 6.07) is 26.0. The van der Waals surface area contributed by atoms with Gasteiger partial charge in [0.2, 0.25) is 16.9 Å². The van der Waals surface area contributed by atoms with E-state index in [9.17, 15) is 9.90 Å². The molecule has 0 saturated heterocycles. The van der Waals surface area contributed by atoms with Gasteiger partial charge in [-0.3, -0.25) is 4.79 Å². The topological polar surface area (TPSA) is 96.6 Å². The second kappa shape index (κ2) is 12.6. The minimum absolute atomic E-state index is 0.0323. The Labute approximate surface area is 243 Å². The monoisotopic (exact) mass is 568 g/mol. The van der Waals surface area contributed by atoms with Crippen LogP contribution in [0.1, 0.15) is 25.0 Å². The number of ether oxygens (including phenoxy) is 5. The third kappa shape index (κ3) is 5.98. The molecule has 0 atom stereocenters. The number of rotatable bonds is 11. The lowest BCUT2D eigenvalue weighted by atomic mass is 10.1. The molecule has 5 aromatic rings. The Balaban J connectivity index is 1.58. The lowest BCUT2D eigenvalue weighted by molar-refractivity contribution is 0.224. The summed E-state index contributed by atoms with van der Waals surface area (Å²) in [5.41, 5.74) is 1.86. The van der Waals surface area contributed by atoms with E-state index in [-0.39, 0.29) is 40.9 Å². The molecule has 4 aromatic carbocycles. The quantitative estimate of drug-likeness (QED) is 0.180. The van der Waals surface area contributed by atoms with Crippen LogP contribution in [0.15, 0.2) is 94.1 Å². The maximum atomic E-state index is 13.6. The molecule has 0 amide bonds. The number of hydrogen-bond donors (Lipinski definition) is 1. The molecule has 0 unspecified atom stereocenters. The van der Waals surface area contributed by atoms with Gasteiger partial charge < -0.3 is 33.2 Å². The van der Waals surface area contributed by atoms with Gasteiger partial charge in [0.25, 0.3) is 0 Å². The van der Waals surface area contributed by atoms with Crippen LogP contribution in [0, 0.1) is 0 Å². The largest absolute Gasteiger partial charge is 0.502 e. The van der Waals surface area contributed by atoms with Crippen LogP contribution in [0.25, 0.3) is 22.3 Å². The van der Waals surface area contributed by atoms with Crippen molar-refractivity contribution in [1.29, 1.82) is 0 Å². The van der Waals surface area contributed by atoms with Gasteiger partial charge >= 0.3 is 0 Å². The average molecular weight is 569 g/mol. The van der Waals surface area contributed by atoms with Crippen LogP contribution in [0.4, 0.5) is 0 Å². The minimum Gasteiger partial charge on any atom is -0.502 e. The molecule has 8 heteroatoms. The molecule has 42 heavy (non-hydrogen) atoms. The lowest BCUT2D eigenvalue weighted by Crippen LogP contribution is -2.12. The second-order valence-corrected chi connectivity index (χ2v) is 9.80. The smallest absolute Gasteiger partial charge is 0.238 e. The number of fused-ring (bicyclic) bond motifs is 1. The summed E-state index contributed by atoms with van der Waals surface area (Å²) in [6.07, 6.45) is -0.305. The maximum Gasteiger partial charge on any atom is 0.238 e. The summed E-state index contributed by atoms with van der Waals surface area (Å²) in [5, 5.41) is 11.1. The van der Waals surface area contributed by atoms with Crippen molar-refractivity contribution < 1.29 is 33.2 Å². The highest BCUT2D eigenvalue weighted by Crippen LogP contribution is 2.46. The number of aromatic hydroxyl groups is 1. The van der Waals surface area contributed by atoms with Crippen LogP contribution in [0.2, 0.25) is 0 Å². The molecule has 216 valence electrons. The van der Waals surface area contributed by atoms with E-state index in [0.29, 0.717) is 29.4 Å². The molecule has 0 aliphatic rings. The van der Waals surface area contributed by atoms with E-state index in [4.69, 9.17) is 28.1 Å². The first-order valence-corrected chi connectivity index (χ1v) is 13.5. The van der Waals surface area contributed by atoms with Gasteiger partial charge in [0.15, 0.2) is 28.8 Å². The second-order valence-electron chi connectivity index (χ2n) is 9.80. The Morgan fingerprint density at radius 3 is 1.93 bits per heavy atom. The summed E-state index contributed by atoms with van der Waals surface area (Å²) < 4.78 is 35.5. The number of hydrogen-bond acceptors (Lipinski definition) is 8. The van der Waals surface area contributed by atoms with Gasteiger partial charge in [-0.05, 0) is 43.2 Å². The predicted molar refractivity (Wildman–Crippen MR) is 160 cm³/mol. The van der Waals surface area contributed by atoms with Crippen molar-refractivity contribution in [2.45, 2.75) is 33.2 Å². The first-order valence-electron chi connectivity index (χ1n) is 13.5. The standard InChI is InChI=1S/C34H32O8/c1-21(2)41-34-29-27(18-28(33(34)38-4)40-20-23-13-9-6-10-14-23)42-32(31(36)30(29)35)24-15-16-25(26(17-24)37-3)39-19-22-11-7-5-8-12-22/h5-18,21,36H,19-20H2,1-4H3. The molecule has 1 heterocycles. The molecule has 0 saturated carbocycles. The summed E-state index contributed by atoms with van der Waals surface area (Å²) in [6.45, 7) is 4.25. The van der Waals surface area contributed by atoms with Crippen LogP contribution < -0.4 is 29.1 Å². The molecule has 8 nitrogen and oxygen atoms in total. The van der Waals surface area contributed by atoms with Gasteiger partial charge in [-0.2, -0.15) is 0 Å². The Bertz CT molecular complexity index is 1730. The highest BCUT2D eigenvalue weighted by atomic mass is 16.5. The normalized spacial score (nSPS) is 11.0. The molecule has 0 bridgehead atoms. The Morgan fingerprint density at radius 2 is 1.36 bits per heavy atom. The fraction of sp³-hybridized carbons (Fsp3) is 0.206. The van der Waals surface area contributed by atoms with Crippen molar-refractivity contribution in [3.8, 4) is 45.8 Å². The zero-order valence-electron chi connectivity index (χ0n) is 23.9. The summed E-state index contributed by atoms with van der Waals surface area (Å²) in [4.78, 5) is 13.6. The van der Waals surface area contributed by atoms with Crippen LogP contribution in [0.3, 0.4) is 0 Å². The number of benzene rings is 4. The third-order valence-corrected chi connectivity index (χ3v) is 6.49. The van der Waals surface area contributed by atoms with Gasteiger partial charge in [0.05, 0.1) is 20.3 Å². The van der Waals surface area contributed by atoms with E-state index < -0.39 is 11.2 Å². The molecular weight excluding hydrogens is 536 g/mol. The summed E-state index contributed by atoms with van der Waals surface area (Å²) >= 11 is 0. The fourth-order valence-corrected chi connectivity index (χ4v) is 4.51. The first-order chi connectivity index (χ1) is 20.4. The van der Waals surface area contributed by atoms with Crippen LogP contribution in [-0.2, 0) is 13.2 Å². The first kappa shape index (κ1) is 28.4. The molecule has 1 N–H and O–H groups in total. The van der Waals surface area contributed by atoms with Gasteiger partial charge in [0.1, 0.15) is 24.2 Å². The molecule has 0 radical (unpaired) electrons. The van der Waals surface area contributed by atoms with E-state index in [1.54, 1.807) is 24.3 Å². The number of methoxy groups -OCH3 is 2. The van der Waals surface area contributed by atoms with E-state index in [1.807, 2.05) is 74.5 Å². The molecule has 0 spiro atoms. The Kier molecular flexibility index (Phi) is 8.52. The molecular formula is C34H32O8.